The Balaban J connectivity index is 1.32. The topological polar surface area (TPSA) is 37.4 Å². The van der Waals surface area contributed by atoms with Crippen molar-refractivity contribution in [1.82, 2.24) is 10.3 Å². The van der Waals surface area contributed by atoms with Crippen LogP contribution in [0.4, 0.5) is 5.69 Å². The first-order valence-electron chi connectivity index (χ1n) is 9.93. The van der Waals surface area contributed by atoms with E-state index in [4.69, 9.17) is 4.74 Å². The van der Waals surface area contributed by atoms with Crippen molar-refractivity contribution >= 4 is 5.69 Å². The van der Waals surface area contributed by atoms with E-state index in [9.17, 15) is 0 Å². The molecule has 1 aliphatic rings. The van der Waals surface area contributed by atoms with Crippen LogP contribution in [-0.4, -0.2) is 31.2 Å². The van der Waals surface area contributed by atoms with Crippen LogP contribution < -0.4 is 15.0 Å². The zero-order valence-corrected chi connectivity index (χ0v) is 16.3. The van der Waals surface area contributed by atoms with Crippen LogP contribution in [0.5, 0.6) is 5.75 Å². The van der Waals surface area contributed by atoms with Gasteiger partial charge in [-0.15, -0.1) is 0 Å². The molecule has 0 unspecified atom stereocenters. The molecule has 28 heavy (non-hydrogen) atoms. The summed E-state index contributed by atoms with van der Waals surface area (Å²) < 4.78 is 5.34. The van der Waals surface area contributed by atoms with Crippen molar-refractivity contribution in [3.05, 3.63) is 78.6 Å². The average Bonchev–Trinajstić information content (AvgIpc) is 2.79. The molecular formula is C24H27N3O. The molecule has 1 aliphatic heterocycles. The molecule has 1 aromatic heterocycles. The lowest BCUT2D eigenvalue weighted by Gasteiger charge is -2.34. The van der Waals surface area contributed by atoms with E-state index in [1.807, 2.05) is 24.5 Å². The summed E-state index contributed by atoms with van der Waals surface area (Å²) in [5, 5.41) is 3.69. The lowest BCUT2D eigenvalue weighted by atomic mass is 10.0. The molecule has 1 saturated heterocycles. The van der Waals surface area contributed by atoms with Crippen molar-refractivity contribution in [2.24, 2.45) is 0 Å². The maximum absolute atomic E-state index is 5.34. The number of anilines is 1. The van der Waals surface area contributed by atoms with E-state index in [1.54, 1.807) is 7.11 Å². The molecule has 0 aliphatic carbocycles. The molecule has 4 heteroatoms. The second kappa shape index (κ2) is 8.89. The van der Waals surface area contributed by atoms with Gasteiger partial charge in [0.2, 0.25) is 0 Å². The molecule has 0 spiro atoms. The van der Waals surface area contributed by atoms with Crippen molar-refractivity contribution in [3.63, 3.8) is 0 Å². The smallest absolute Gasteiger partial charge is 0.119 e. The van der Waals surface area contributed by atoms with E-state index in [2.05, 4.69) is 63.7 Å². The van der Waals surface area contributed by atoms with Crippen LogP contribution in [-0.2, 0) is 6.54 Å². The van der Waals surface area contributed by atoms with Gasteiger partial charge in [0, 0.05) is 43.8 Å². The van der Waals surface area contributed by atoms with Crippen LogP contribution in [0.3, 0.4) is 0 Å². The number of piperidine rings is 1. The molecule has 4 nitrogen and oxygen atoms in total. The third-order valence-corrected chi connectivity index (χ3v) is 5.47. The Morgan fingerprint density at radius 3 is 2.43 bits per heavy atom. The van der Waals surface area contributed by atoms with E-state index in [1.165, 1.54) is 35.2 Å². The minimum atomic E-state index is 0.584. The summed E-state index contributed by atoms with van der Waals surface area (Å²) in [7, 11) is 1.71. The number of nitrogens with one attached hydrogen (secondary N) is 1. The SMILES string of the molecule is COc1cccc(-c2ccc(N3CCC(NCc4ccncc4)CC3)cc2)c1. The van der Waals surface area contributed by atoms with Crippen molar-refractivity contribution < 1.29 is 4.74 Å². The van der Waals surface area contributed by atoms with E-state index in [0.717, 1.165) is 25.4 Å². The number of methoxy groups -OCH3 is 1. The van der Waals surface area contributed by atoms with Crippen LogP contribution >= 0.6 is 0 Å². The van der Waals surface area contributed by atoms with E-state index in [-0.39, 0.29) is 0 Å². The lowest BCUT2D eigenvalue weighted by Crippen LogP contribution is -2.42. The Labute approximate surface area is 167 Å². The van der Waals surface area contributed by atoms with Crippen molar-refractivity contribution in [2.75, 3.05) is 25.1 Å². The number of hydrogen-bond donors (Lipinski definition) is 1. The molecule has 0 amide bonds. The monoisotopic (exact) mass is 373 g/mol. The number of pyridine rings is 1. The average molecular weight is 374 g/mol. The molecule has 144 valence electrons. The predicted octanol–water partition coefficient (Wildman–Crippen LogP) is 4.52. The van der Waals surface area contributed by atoms with Crippen LogP contribution in [0.25, 0.3) is 11.1 Å². The third kappa shape index (κ3) is 4.52. The van der Waals surface area contributed by atoms with Crippen LogP contribution in [0.1, 0.15) is 18.4 Å². The molecule has 2 aromatic carbocycles. The molecular weight excluding hydrogens is 346 g/mol. The van der Waals surface area contributed by atoms with Gasteiger partial charge in [-0.1, -0.05) is 24.3 Å². The summed E-state index contributed by atoms with van der Waals surface area (Å²) in [5.41, 5.74) is 5.01. The molecule has 2 heterocycles. The third-order valence-electron chi connectivity index (χ3n) is 5.47. The number of hydrogen-bond acceptors (Lipinski definition) is 4. The molecule has 0 bridgehead atoms. The van der Waals surface area contributed by atoms with Gasteiger partial charge in [0.15, 0.2) is 0 Å². The summed E-state index contributed by atoms with van der Waals surface area (Å²) in [5.74, 6) is 0.892. The molecule has 4 rings (SSSR count). The second-order valence-electron chi connectivity index (χ2n) is 7.28. The van der Waals surface area contributed by atoms with Gasteiger partial charge in [-0.25, -0.2) is 0 Å². The Morgan fingerprint density at radius 1 is 0.964 bits per heavy atom. The molecule has 1 fully saturated rings. The van der Waals surface area contributed by atoms with Crippen molar-refractivity contribution in [3.8, 4) is 16.9 Å². The molecule has 0 atom stereocenters. The summed E-state index contributed by atoms with van der Waals surface area (Å²) in [6.07, 6.45) is 6.05. The second-order valence-corrected chi connectivity index (χ2v) is 7.28. The summed E-state index contributed by atoms with van der Waals surface area (Å²) >= 11 is 0. The fourth-order valence-electron chi connectivity index (χ4n) is 3.77. The maximum Gasteiger partial charge on any atom is 0.119 e. The molecule has 3 aromatic rings. The van der Waals surface area contributed by atoms with Gasteiger partial charge < -0.3 is 15.0 Å². The van der Waals surface area contributed by atoms with Gasteiger partial charge >= 0.3 is 0 Å². The van der Waals surface area contributed by atoms with Gasteiger partial charge in [-0.2, -0.15) is 0 Å². The summed E-state index contributed by atoms with van der Waals surface area (Å²) in [4.78, 5) is 6.56. The first-order chi connectivity index (χ1) is 13.8. The zero-order chi connectivity index (χ0) is 19.2. The largest absolute Gasteiger partial charge is 0.497 e. The van der Waals surface area contributed by atoms with Gasteiger partial charge in [-0.05, 0) is 65.9 Å². The highest BCUT2D eigenvalue weighted by atomic mass is 16.5. The van der Waals surface area contributed by atoms with Crippen molar-refractivity contribution in [1.29, 1.82) is 0 Å². The Kier molecular flexibility index (Phi) is 5.88. The fourth-order valence-corrected chi connectivity index (χ4v) is 3.77. The number of nitrogens with zero attached hydrogens (tertiary/aromatic N) is 2. The van der Waals surface area contributed by atoms with Crippen LogP contribution in [0, 0.1) is 0 Å². The number of benzene rings is 2. The Hall–Kier alpha value is -2.85. The molecule has 0 saturated carbocycles. The summed E-state index contributed by atoms with van der Waals surface area (Å²) in [6.45, 7) is 3.10. The van der Waals surface area contributed by atoms with Crippen LogP contribution in [0.2, 0.25) is 0 Å². The van der Waals surface area contributed by atoms with Gasteiger partial charge in [0.25, 0.3) is 0 Å². The molecule has 1 N–H and O–H groups in total. The Morgan fingerprint density at radius 2 is 1.71 bits per heavy atom. The lowest BCUT2D eigenvalue weighted by molar-refractivity contribution is 0.414. The summed E-state index contributed by atoms with van der Waals surface area (Å²) in [6, 6.07) is 21.8. The van der Waals surface area contributed by atoms with Gasteiger partial charge in [0.1, 0.15) is 5.75 Å². The van der Waals surface area contributed by atoms with Crippen LogP contribution in [0.15, 0.2) is 73.1 Å². The highest BCUT2D eigenvalue weighted by Crippen LogP contribution is 2.27. The highest BCUT2D eigenvalue weighted by Gasteiger charge is 2.19. The fraction of sp³-hybridized carbons (Fsp3) is 0.292. The van der Waals surface area contributed by atoms with Gasteiger partial charge in [0.05, 0.1) is 7.11 Å². The first kappa shape index (κ1) is 18.5. The quantitative estimate of drug-likeness (QED) is 0.690. The van der Waals surface area contributed by atoms with E-state index < -0.39 is 0 Å². The minimum Gasteiger partial charge on any atom is -0.497 e. The number of aromatic nitrogens is 1. The van der Waals surface area contributed by atoms with Crippen molar-refractivity contribution in [2.45, 2.75) is 25.4 Å². The van der Waals surface area contributed by atoms with E-state index >= 15 is 0 Å². The standard InChI is InChI=1S/C24H27N3O/c1-28-24-4-2-3-21(17-24)20-5-7-23(8-6-20)27-15-11-22(12-16-27)26-18-19-9-13-25-14-10-19/h2-10,13-14,17,22,26H,11-12,15-16,18H2,1H3. The first-order valence-corrected chi connectivity index (χ1v) is 9.93. The predicted molar refractivity (Wildman–Crippen MR) is 115 cm³/mol. The minimum absolute atomic E-state index is 0.584. The maximum atomic E-state index is 5.34. The van der Waals surface area contributed by atoms with Gasteiger partial charge in [-0.3, -0.25) is 4.98 Å². The normalized spacial score (nSPS) is 14.8. The Bertz CT molecular complexity index is 872. The number of ether oxygens (including phenoxy) is 1. The zero-order valence-electron chi connectivity index (χ0n) is 16.3. The highest BCUT2D eigenvalue weighted by molar-refractivity contribution is 5.67. The molecule has 0 radical (unpaired) electrons. The van der Waals surface area contributed by atoms with E-state index in [0.29, 0.717) is 6.04 Å². The number of rotatable bonds is 6.